The second kappa shape index (κ2) is 4.59. The second-order valence-corrected chi connectivity index (χ2v) is 4.41. The summed E-state index contributed by atoms with van der Waals surface area (Å²) in [6, 6.07) is 7.12. The summed E-state index contributed by atoms with van der Waals surface area (Å²) in [6.07, 6.45) is 1.51. The standard InChI is InChI=1S/C11H5N5S/c12-4-10(5-13)2-1-9(17-8-16)3-11(10,6-14)7-15/h1H,2-3H2. The SMILES string of the molecule is N#CSC1=CCC(C#N)(C#N)C(C#N)(C#N)C1. The number of nitriles is 5. The number of thioether (sulfide) groups is 1. The molecule has 80 valence electrons. The van der Waals surface area contributed by atoms with Crippen molar-refractivity contribution >= 4 is 11.8 Å². The van der Waals surface area contributed by atoms with Gasteiger partial charge in [-0.2, -0.15) is 26.3 Å². The minimum Gasteiger partial charge on any atom is -0.196 e. The van der Waals surface area contributed by atoms with Crippen LogP contribution < -0.4 is 0 Å². The Balaban J connectivity index is 3.36. The summed E-state index contributed by atoms with van der Waals surface area (Å²) in [5, 5.41) is 46.8. The Bertz CT molecular complexity index is 541. The fourth-order valence-electron chi connectivity index (χ4n) is 1.66. The minimum atomic E-state index is -1.70. The molecule has 0 radical (unpaired) electrons. The van der Waals surface area contributed by atoms with Gasteiger partial charge in [0.1, 0.15) is 5.40 Å². The molecule has 0 heterocycles. The van der Waals surface area contributed by atoms with Crippen molar-refractivity contribution in [3.63, 3.8) is 0 Å². The first-order valence-corrected chi connectivity index (χ1v) is 5.35. The molecule has 0 bridgehead atoms. The van der Waals surface area contributed by atoms with Gasteiger partial charge in [0.15, 0.2) is 10.8 Å². The van der Waals surface area contributed by atoms with E-state index in [1.807, 2.05) is 5.40 Å². The lowest BCUT2D eigenvalue weighted by Crippen LogP contribution is -2.40. The van der Waals surface area contributed by atoms with Crippen LogP contribution in [0.3, 0.4) is 0 Å². The van der Waals surface area contributed by atoms with Gasteiger partial charge in [0.2, 0.25) is 0 Å². The smallest absolute Gasteiger partial charge is 0.180 e. The van der Waals surface area contributed by atoms with Gasteiger partial charge in [0.05, 0.1) is 24.3 Å². The average molecular weight is 239 g/mol. The maximum Gasteiger partial charge on any atom is 0.180 e. The van der Waals surface area contributed by atoms with Crippen molar-refractivity contribution in [2.45, 2.75) is 12.8 Å². The first-order chi connectivity index (χ1) is 8.13. The Morgan fingerprint density at radius 3 is 1.88 bits per heavy atom. The van der Waals surface area contributed by atoms with Gasteiger partial charge in [-0.15, -0.1) is 0 Å². The molecule has 0 fully saturated rings. The topological polar surface area (TPSA) is 119 Å². The zero-order chi connectivity index (χ0) is 12.9. The summed E-state index contributed by atoms with van der Waals surface area (Å²) < 4.78 is 0. The lowest BCUT2D eigenvalue weighted by Gasteiger charge is -2.33. The van der Waals surface area contributed by atoms with Crippen LogP contribution in [0.25, 0.3) is 0 Å². The van der Waals surface area contributed by atoms with Crippen molar-refractivity contribution in [2.24, 2.45) is 10.8 Å². The van der Waals surface area contributed by atoms with Gasteiger partial charge < -0.3 is 0 Å². The molecule has 0 aromatic heterocycles. The molecule has 0 unspecified atom stereocenters. The molecule has 5 nitrogen and oxygen atoms in total. The van der Waals surface area contributed by atoms with Crippen LogP contribution in [-0.2, 0) is 0 Å². The Morgan fingerprint density at radius 2 is 1.47 bits per heavy atom. The van der Waals surface area contributed by atoms with E-state index in [1.54, 1.807) is 30.4 Å². The van der Waals surface area contributed by atoms with E-state index in [0.29, 0.717) is 4.91 Å². The van der Waals surface area contributed by atoms with Crippen molar-refractivity contribution in [1.29, 1.82) is 26.3 Å². The molecule has 0 aromatic carbocycles. The molecule has 6 heteroatoms. The highest BCUT2D eigenvalue weighted by Gasteiger charge is 2.56. The van der Waals surface area contributed by atoms with Gasteiger partial charge in [0.25, 0.3) is 0 Å². The average Bonchev–Trinajstić information content (AvgIpc) is 2.39. The van der Waals surface area contributed by atoms with Crippen LogP contribution in [-0.4, -0.2) is 0 Å². The molecule has 0 aromatic rings. The molecule has 0 spiro atoms. The van der Waals surface area contributed by atoms with Gasteiger partial charge in [-0.25, -0.2) is 0 Å². The first-order valence-electron chi connectivity index (χ1n) is 4.53. The minimum absolute atomic E-state index is 0.00880. The summed E-state index contributed by atoms with van der Waals surface area (Å²) >= 11 is 0.853. The molecule has 0 atom stereocenters. The highest BCUT2D eigenvalue weighted by Crippen LogP contribution is 2.51. The molecule has 0 amide bonds. The normalized spacial score (nSPS) is 19.4. The Labute approximate surface area is 103 Å². The van der Waals surface area contributed by atoms with Gasteiger partial charge in [-0.05, 0) is 16.7 Å². The Kier molecular flexibility index (Phi) is 3.40. The van der Waals surface area contributed by atoms with Crippen molar-refractivity contribution in [3.8, 4) is 29.7 Å². The third-order valence-electron chi connectivity index (χ3n) is 2.74. The predicted octanol–water partition coefficient (Wildman–Crippen LogP) is 1.95. The van der Waals surface area contributed by atoms with Crippen LogP contribution >= 0.6 is 11.8 Å². The summed E-state index contributed by atoms with van der Waals surface area (Å²) in [4.78, 5) is 0.553. The van der Waals surface area contributed by atoms with Gasteiger partial charge >= 0.3 is 0 Å². The second-order valence-electron chi connectivity index (χ2n) is 3.50. The number of allylic oxidation sites excluding steroid dienone is 2. The fraction of sp³-hybridized carbons (Fsp3) is 0.364. The molecule has 17 heavy (non-hydrogen) atoms. The molecule has 0 N–H and O–H groups in total. The molecule has 1 aliphatic carbocycles. The largest absolute Gasteiger partial charge is 0.196 e. The maximum absolute atomic E-state index is 9.13. The summed E-state index contributed by atoms with van der Waals surface area (Å²) in [5.74, 6) is 0. The van der Waals surface area contributed by atoms with E-state index in [-0.39, 0.29) is 12.8 Å². The zero-order valence-corrected chi connectivity index (χ0v) is 9.45. The molecule has 0 aliphatic heterocycles. The van der Waals surface area contributed by atoms with Gasteiger partial charge in [-0.1, -0.05) is 6.08 Å². The third kappa shape index (κ3) is 1.70. The molecule has 0 saturated carbocycles. The van der Waals surface area contributed by atoms with E-state index >= 15 is 0 Å². The molecular formula is C11H5N5S. The van der Waals surface area contributed by atoms with Crippen molar-refractivity contribution < 1.29 is 0 Å². The highest BCUT2D eigenvalue weighted by atomic mass is 32.2. The summed E-state index contributed by atoms with van der Waals surface area (Å²) in [6.45, 7) is 0. The third-order valence-corrected chi connectivity index (χ3v) is 3.41. The van der Waals surface area contributed by atoms with Gasteiger partial charge in [0, 0.05) is 12.8 Å². The van der Waals surface area contributed by atoms with E-state index < -0.39 is 10.8 Å². The van der Waals surface area contributed by atoms with E-state index in [1.165, 1.54) is 0 Å². The first kappa shape index (κ1) is 12.6. The number of nitrogens with zero attached hydrogens (tertiary/aromatic N) is 5. The summed E-state index contributed by atoms with van der Waals surface area (Å²) in [5.41, 5.74) is -3.36. The van der Waals surface area contributed by atoms with E-state index in [2.05, 4.69) is 0 Å². The van der Waals surface area contributed by atoms with Crippen molar-refractivity contribution in [1.82, 2.24) is 0 Å². The number of hydrogen-bond acceptors (Lipinski definition) is 6. The van der Waals surface area contributed by atoms with Crippen LogP contribution in [0, 0.1) is 66.8 Å². The number of hydrogen-bond donors (Lipinski definition) is 0. The Hall–Kier alpha value is -2.46. The van der Waals surface area contributed by atoms with Crippen LogP contribution in [0.15, 0.2) is 11.0 Å². The number of thiocyanates is 1. The van der Waals surface area contributed by atoms with Crippen LogP contribution in [0.2, 0.25) is 0 Å². The van der Waals surface area contributed by atoms with Crippen LogP contribution in [0.1, 0.15) is 12.8 Å². The maximum atomic E-state index is 9.13. The molecule has 1 rings (SSSR count). The lowest BCUT2D eigenvalue weighted by molar-refractivity contribution is 0.288. The monoisotopic (exact) mass is 239 g/mol. The van der Waals surface area contributed by atoms with E-state index in [0.717, 1.165) is 11.8 Å². The highest BCUT2D eigenvalue weighted by molar-refractivity contribution is 8.07. The molecule has 1 aliphatic rings. The van der Waals surface area contributed by atoms with E-state index in [9.17, 15) is 0 Å². The predicted molar refractivity (Wildman–Crippen MR) is 57.8 cm³/mol. The van der Waals surface area contributed by atoms with Crippen molar-refractivity contribution in [2.75, 3.05) is 0 Å². The fourth-order valence-corrected chi connectivity index (χ4v) is 2.24. The quantitative estimate of drug-likeness (QED) is 0.645. The van der Waals surface area contributed by atoms with Crippen LogP contribution in [0.4, 0.5) is 0 Å². The number of rotatable bonds is 1. The Morgan fingerprint density at radius 1 is 0.941 bits per heavy atom. The van der Waals surface area contributed by atoms with Crippen molar-refractivity contribution in [3.05, 3.63) is 11.0 Å². The summed E-state index contributed by atoms with van der Waals surface area (Å²) in [7, 11) is 0. The van der Waals surface area contributed by atoms with Crippen LogP contribution in [0.5, 0.6) is 0 Å². The molecular weight excluding hydrogens is 234 g/mol. The van der Waals surface area contributed by atoms with Gasteiger partial charge in [-0.3, -0.25) is 0 Å². The van der Waals surface area contributed by atoms with E-state index in [4.69, 9.17) is 26.3 Å². The molecule has 0 saturated heterocycles. The lowest BCUT2D eigenvalue weighted by atomic mass is 9.60. The zero-order valence-electron chi connectivity index (χ0n) is 8.64.